The molecule has 2 N–H and O–H groups in total. The Kier molecular flexibility index (Phi) is 14.1. The summed E-state index contributed by atoms with van der Waals surface area (Å²) in [4.78, 5) is 25.3. The molecule has 7 nitrogen and oxygen atoms in total. The highest BCUT2D eigenvalue weighted by molar-refractivity contribution is 6.06. The van der Waals surface area contributed by atoms with E-state index < -0.39 is 0 Å². The van der Waals surface area contributed by atoms with Gasteiger partial charge < -0.3 is 24.8 Å². The lowest BCUT2D eigenvalue weighted by Crippen LogP contribution is -2.27. The second-order valence-corrected chi connectivity index (χ2v) is 8.69. The number of amides is 2. The number of hydrogen-bond donors (Lipinski definition) is 2. The zero-order chi connectivity index (χ0) is 26.0. The smallest absolute Gasteiger partial charge is 0.255 e. The van der Waals surface area contributed by atoms with Crippen LogP contribution in [0.1, 0.15) is 85.9 Å². The zero-order valence-electron chi connectivity index (χ0n) is 22.1. The van der Waals surface area contributed by atoms with Crippen molar-refractivity contribution < 1.29 is 23.8 Å². The monoisotopic (exact) mass is 498 g/mol. The van der Waals surface area contributed by atoms with Crippen LogP contribution in [0.25, 0.3) is 0 Å². The first-order valence-electron chi connectivity index (χ1n) is 13.2. The third kappa shape index (κ3) is 10.7. The van der Waals surface area contributed by atoms with Crippen molar-refractivity contribution in [2.75, 3.05) is 38.8 Å². The number of methoxy groups -OCH3 is 1. The van der Waals surface area contributed by atoms with Gasteiger partial charge in [-0.1, -0.05) is 51.9 Å². The summed E-state index contributed by atoms with van der Waals surface area (Å²) in [5.41, 5.74) is 1.36. The van der Waals surface area contributed by atoms with Crippen LogP contribution < -0.4 is 20.1 Å². The van der Waals surface area contributed by atoms with Crippen molar-refractivity contribution in [3.05, 3.63) is 53.6 Å². The van der Waals surface area contributed by atoms with Gasteiger partial charge in [0.25, 0.3) is 11.8 Å². The molecule has 0 spiro atoms. The average molecular weight is 499 g/mol. The normalized spacial score (nSPS) is 10.6. The highest BCUT2D eigenvalue weighted by atomic mass is 16.5. The summed E-state index contributed by atoms with van der Waals surface area (Å²) in [5.74, 6) is 0.718. The van der Waals surface area contributed by atoms with Crippen LogP contribution in [0, 0.1) is 0 Å². The number of unbranched alkanes of at least 4 members (excludes halogenated alkanes) is 7. The Morgan fingerprint density at radius 1 is 0.750 bits per heavy atom. The predicted octanol–water partition coefficient (Wildman–Crippen LogP) is 6.23. The zero-order valence-corrected chi connectivity index (χ0v) is 22.1. The number of benzene rings is 2. The minimum atomic E-state index is -0.289. The summed E-state index contributed by atoms with van der Waals surface area (Å²) in [5, 5.41) is 5.65. The molecule has 0 aliphatic rings. The van der Waals surface area contributed by atoms with Crippen LogP contribution in [0.4, 0.5) is 5.69 Å². The summed E-state index contributed by atoms with van der Waals surface area (Å²) in [6.45, 7) is 6.04. The number of ether oxygens (including phenoxy) is 3. The Morgan fingerprint density at radius 3 is 2.08 bits per heavy atom. The standard InChI is InChI=1S/C29H42N2O5/c1-4-6-7-8-9-10-11-12-20-36-25-16-13-23(14-17-25)29(33)31-26-22-24(15-18-27(26)35-5-2)28(32)30-19-21-34-3/h13-18,22H,4-12,19-21H2,1-3H3,(H,30,32)(H,31,33). The number of anilines is 1. The highest BCUT2D eigenvalue weighted by Gasteiger charge is 2.14. The van der Waals surface area contributed by atoms with Gasteiger partial charge in [0.1, 0.15) is 11.5 Å². The summed E-state index contributed by atoms with van der Waals surface area (Å²) in [6.07, 6.45) is 10.1. The molecule has 0 atom stereocenters. The molecule has 0 saturated carbocycles. The quantitative estimate of drug-likeness (QED) is 0.238. The molecule has 2 aromatic rings. The molecule has 7 heteroatoms. The highest BCUT2D eigenvalue weighted by Crippen LogP contribution is 2.27. The van der Waals surface area contributed by atoms with Gasteiger partial charge in [-0.2, -0.15) is 0 Å². The fourth-order valence-electron chi connectivity index (χ4n) is 3.74. The van der Waals surface area contributed by atoms with E-state index in [4.69, 9.17) is 14.2 Å². The van der Waals surface area contributed by atoms with Crippen molar-refractivity contribution in [3.8, 4) is 11.5 Å². The van der Waals surface area contributed by atoms with Gasteiger partial charge in [-0.3, -0.25) is 9.59 Å². The summed E-state index contributed by atoms with van der Waals surface area (Å²) >= 11 is 0. The van der Waals surface area contributed by atoms with E-state index in [2.05, 4.69) is 17.6 Å². The van der Waals surface area contributed by atoms with Crippen molar-refractivity contribution in [2.24, 2.45) is 0 Å². The van der Waals surface area contributed by atoms with Crippen LogP contribution in [0.15, 0.2) is 42.5 Å². The molecule has 0 heterocycles. The third-order valence-electron chi connectivity index (χ3n) is 5.76. The molecule has 2 aromatic carbocycles. The molecule has 0 aromatic heterocycles. The largest absolute Gasteiger partial charge is 0.494 e. The lowest BCUT2D eigenvalue weighted by atomic mass is 10.1. The minimum absolute atomic E-state index is 0.247. The minimum Gasteiger partial charge on any atom is -0.494 e. The maximum absolute atomic E-state index is 12.9. The summed E-state index contributed by atoms with van der Waals surface area (Å²) in [7, 11) is 1.58. The topological polar surface area (TPSA) is 85.9 Å². The van der Waals surface area contributed by atoms with Crippen LogP contribution in [0.5, 0.6) is 11.5 Å². The summed E-state index contributed by atoms with van der Waals surface area (Å²) < 4.78 is 16.4. The van der Waals surface area contributed by atoms with Crippen molar-refractivity contribution in [1.82, 2.24) is 5.32 Å². The SMILES string of the molecule is CCCCCCCCCCOc1ccc(C(=O)Nc2cc(C(=O)NCCOC)ccc2OCC)cc1. The van der Waals surface area contributed by atoms with Gasteiger partial charge >= 0.3 is 0 Å². The van der Waals surface area contributed by atoms with Gasteiger partial charge in [0.05, 0.1) is 25.5 Å². The van der Waals surface area contributed by atoms with Crippen LogP contribution in [-0.4, -0.2) is 45.3 Å². The maximum atomic E-state index is 12.9. The van der Waals surface area contributed by atoms with Gasteiger partial charge in [0, 0.05) is 24.8 Å². The predicted molar refractivity (Wildman–Crippen MR) is 144 cm³/mol. The van der Waals surface area contributed by atoms with Gasteiger partial charge in [-0.05, 0) is 55.8 Å². The van der Waals surface area contributed by atoms with E-state index in [1.165, 1.54) is 44.9 Å². The van der Waals surface area contributed by atoms with Crippen molar-refractivity contribution in [3.63, 3.8) is 0 Å². The fourth-order valence-corrected chi connectivity index (χ4v) is 3.74. The Hall–Kier alpha value is -3.06. The molecule has 0 saturated heterocycles. The number of nitrogens with one attached hydrogen (secondary N) is 2. The first-order valence-corrected chi connectivity index (χ1v) is 13.2. The van der Waals surface area contributed by atoms with Crippen molar-refractivity contribution in [2.45, 2.75) is 65.2 Å². The number of carbonyl (C=O) groups is 2. The molecule has 0 unspecified atom stereocenters. The van der Waals surface area contributed by atoms with E-state index in [-0.39, 0.29) is 11.8 Å². The molecule has 0 radical (unpaired) electrons. The Labute approximate surface area is 215 Å². The van der Waals surface area contributed by atoms with Gasteiger partial charge in [0.2, 0.25) is 0 Å². The van der Waals surface area contributed by atoms with Crippen molar-refractivity contribution >= 4 is 17.5 Å². The van der Waals surface area contributed by atoms with E-state index >= 15 is 0 Å². The second kappa shape index (κ2) is 17.4. The van der Waals surface area contributed by atoms with Crippen LogP contribution in [0.3, 0.4) is 0 Å². The number of hydrogen-bond acceptors (Lipinski definition) is 5. The van der Waals surface area contributed by atoms with E-state index in [1.54, 1.807) is 37.4 Å². The van der Waals surface area contributed by atoms with Crippen LogP contribution >= 0.6 is 0 Å². The molecule has 2 amide bonds. The molecular weight excluding hydrogens is 456 g/mol. The van der Waals surface area contributed by atoms with Crippen LogP contribution in [-0.2, 0) is 4.74 Å². The van der Waals surface area contributed by atoms with Crippen molar-refractivity contribution in [1.29, 1.82) is 0 Å². The number of carbonyl (C=O) groups excluding carboxylic acids is 2. The lowest BCUT2D eigenvalue weighted by Gasteiger charge is -2.14. The second-order valence-electron chi connectivity index (χ2n) is 8.69. The van der Waals surface area contributed by atoms with E-state index in [0.29, 0.717) is 48.9 Å². The molecule has 36 heavy (non-hydrogen) atoms. The average Bonchev–Trinajstić information content (AvgIpc) is 2.89. The van der Waals surface area contributed by atoms with Crippen LogP contribution in [0.2, 0.25) is 0 Å². The molecule has 2 rings (SSSR count). The fraction of sp³-hybridized carbons (Fsp3) is 0.517. The molecule has 198 valence electrons. The molecule has 0 bridgehead atoms. The molecule has 0 aliphatic heterocycles. The number of rotatable bonds is 18. The van der Waals surface area contributed by atoms with Gasteiger partial charge in [0.15, 0.2) is 0 Å². The first-order chi connectivity index (χ1) is 17.6. The molecule has 0 fully saturated rings. The Morgan fingerprint density at radius 2 is 1.42 bits per heavy atom. The molecule has 0 aliphatic carbocycles. The lowest BCUT2D eigenvalue weighted by molar-refractivity contribution is 0.0936. The van der Waals surface area contributed by atoms with Gasteiger partial charge in [-0.25, -0.2) is 0 Å². The van der Waals surface area contributed by atoms with E-state index in [0.717, 1.165) is 12.2 Å². The maximum Gasteiger partial charge on any atom is 0.255 e. The van der Waals surface area contributed by atoms with E-state index in [1.807, 2.05) is 19.1 Å². The first kappa shape index (κ1) is 29.2. The Balaban J connectivity index is 1.87. The molecular formula is C29H42N2O5. The van der Waals surface area contributed by atoms with E-state index in [9.17, 15) is 9.59 Å². The Bertz CT molecular complexity index is 914. The van der Waals surface area contributed by atoms with Gasteiger partial charge in [-0.15, -0.1) is 0 Å². The third-order valence-corrected chi connectivity index (χ3v) is 5.76. The summed E-state index contributed by atoms with van der Waals surface area (Å²) in [6, 6.07) is 12.1.